The van der Waals surface area contributed by atoms with Gasteiger partial charge in [0.05, 0.1) is 12.2 Å². The molecule has 3 atom stereocenters. The summed E-state index contributed by atoms with van der Waals surface area (Å²) in [6.07, 6.45) is 8.92. The van der Waals surface area contributed by atoms with Gasteiger partial charge in [0.15, 0.2) is 0 Å². The molecule has 0 amide bonds. The molecule has 0 aromatic rings. The zero-order valence-corrected chi connectivity index (χ0v) is 11.7. The lowest BCUT2D eigenvalue weighted by molar-refractivity contribution is 0.0849. The Morgan fingerprint density at radius 2 is 2.06 bits per heavy atom. The van der Waals surface area contributed by atoms with Gasteiger partial charge >= 0.3 is 0 Å². The van der Waals surface area contributed by atoms with Gasteiger partial charge in [-0.15, -0.1) is 0 Å². The molecule has 2 N–H and O–H groups in total. The molecular weight excluding hydrogens is 226 g/mol. The van der Waals surface area contributed by atoms with Crippen molar-refractivity contribution in [1.82, 2.24) is 5.32 Å². The van der Waals surface area contributed by atoms with Crippen molar-refractivity contribution < 1.29 is 9.84 Å². The number of aliphatic hydroxyl groups excluding tert-OH is 1. The van der Waals surface area contributed by atoms with Gasteiger partial charge in [0.25, 0.3) is 0 Å². The molecule has 106 valence electrons. The van der Waals surface area contributed by atoms with Gasteiger partial charge in [0.1, 0.15) is 0 Å². The third kappa shape index (κ3) is 4.22. The van der Waals surface area contributed by atoms with Crippen LogP contribution >= 0.6 is 0 Å². The van der Waals surface area contributed by atoms with Crippen LogP contribution in [-0.2, 0) is 4.74 Å². The molecule has 2 aliphatic rings. The summed E-state index contributed by atoms with van der Waals surface area (Å²) in [5, 5.41) is 13.4. The molecule has 2 fully saturated rings. The quantitative estimate of drug-likeness (QED) is 0.733. The van der Waals surface area contributed by atoms with E-state index in [0.717, 1.165) is 38.5 Å². The summed E-state index contributed by atoms with van der Waals surface area (Å²) in [5.41, 5.74) is 0. The minimum atomic E-state index is -0.157. The van der Waals surface area contributed by atoms with Crippen molar-refractivity contribution in [3.8, 4) is 0 Å². The number of rotatable bonds is 7. The molecule has 1 aliphatic carbocycles. The lowest BCUT2D eigenvalue weighted by Gasteiger charge is -2.20. The Hall–Kier alpha value is -0.120. The van der Waals surface area contributed by atoms with Crippen LogP contribution < -0.4 is 5.32 Å². The van der Waals surface area contributed by atoms with Gasteiger partial charge < -0.3 is 15.2 Å². The van der Waals surface area contributed by atoms with Gasteiger partial charge in [-0.05, 0) is 31.1 Å². The number of nitrogens with one attached hydrogen (secondary N) is 1. The van der Waals surface area contributed by atoms with Crippen LogP contribution in [0.4, 0.5) is 0 Å². The Kier molecular flexibility index (Phi) is 5.93. The highest BCUT2D eigenvalue weighted by atomic mass is 16.5. The van der Waals surface area contributed by atoms with Crippen molar-refractivity contribution in [2.75, 3.05) is 19.7 Å². The minimum absolute atomic E-state index is 0.157. The lowest BCUT2D eigenvalue weighted by atomic mass is 9.98. The largest absolute Gasteiger partial charge is 0.392 e. The monoisotopic (exact) mass is 255 g/mol. The van der Waals surface area contributed by atoms with E-state index in [2.05, 4.69) is 12.2 Å². The van der Waals surface area contributed by atoms with Crippen LogP contribution in [0.3, 0.4) is 0 Å². The number of hydrogen-bond acceptors (Lipinski definition) is 3. The van der Waals surface area contributed by atoms with Gasteiger partial charge in [-0.3, -0.25) is 0 Å². The molecule has 1 aliphatic heterocycles. The molecule has 1 saturated heterocycles. The summed E-state index contributed by atoms with van der Waals surface area (Å²) in [4.78, 5) is 0. The second-order valence-corrected chi connectivity index (χ2v) is 6.06. The molecule has 2 rings (SSSR count). The zero-order valence-electron chi connectivity index (χ0n) is 11.7. The normalized spacial score (nSPS) is 31.0. The molecule has 1 saturated carbocycles. The molecule has 3 heteroatoms. The lowest BCUT2D eigenvalue weighted by Crippen LogP contribution is -2.34. The Morgan fingerprint density at radius 1 is 1.28 bits per heavy atom. The van der Waals surface area contributed by atoms with Crippen molar-refractivity contribution in [3.63, 3.8) is 0 Å². The maximum atomic E-state index is 10.0. The highest BCUT2D eigenvalue weighted by Gasteiger charge is 2.26. The van der Waals surface area contributed by atoms with E-state index >= 15 is 0 Å². The van der Waals surface area contributed by atoms with Crippen molar-refractivity contribution >= 4 is 0 Å². The average Bonchev–Trinajstić information content (AvgIpc) is 3.00. The van der Waals surface area contributed by atoms with Crippen LogP contribution in [0, 0.1) is 11.8 Å². The smallest absolute Gasteiger partial charge is 0.0667 e. The topological polar surface area (TPSA) is 41.5 Å². The predicted octanol–water partition coefficient (Wildman–Crippen LogP) is 2.33. The summed E-state index contributed by atoms with van der Waals surface area (Å²) in [5.74, 6) is 1.42. The molecule has 1 heterocycles. The molecule has 18 heavy (non-hydrogen) atoms. The maximum absolute atomic E-state index is 10.0. The van der Waals surface area contributed by atoms with E-state index in [9.17, 15) is 5.11 Å². The van der Waals surface area contributed by atoms with E-state index in [-0.39, 0.29) is 6.10 Å². The fraction of sp³-hybridized carbons (Fsp3) is 1.00. The van der Waals surface area contributed by atoms with Crippen LogP contribution in [0.25, 0.3) is 0 Å². The third-order valence-corrected chi connectivity index (χ3v) is 4.62. The van der Waals surface area contributed by atoms with Gasteiger partial charge in [-0.1, -0.05) is 32.6 Å². The third-order valence-electron chi connectivity index (χ3n) is 4.62. The van der Waals surface area contributed by atoms with Gasteiger partial charge in [-0.25, -0.2) is 0 Å². The van der Waals surface area contributed by atoms with Crippen LogP contribution in [0.2, 0.25) is 0 Å². The molecule has 3 nitrogen and oxygen atoms in total. The van der Waals surface area contributed by atoms with Crippen molar-refractivity contribution in [3.05, 3.63) is 0 Å². The summed E-state index contributed by atoms with van der Waals surface area (Å²) in [6, 6.07) is 0. The van der Waals surface area contributed by atoms with Gasteiger partial charge in [0, 0.05) is 19.7 Å². The molecule has 0 aromatic carbocycles. The van der Waals surface area contributed by atoms with Crippen LogP contribution in [0.1, 0.15) is 51.9 Å². The second kappa shape index (κ2) is 7.46. The Morgan fingerprint density at radius 3 is 2.78 bits per heavy atom. The van der Waals surface area contributed by atoms with E-state index in [4.69, 9.17) is 4.74 Å². The van der Waals surface area contributed by atoms with Crippen LogP contribution in [0.5, 0.6) is 0 Å². The molecule has 0 spiro atoms. The van der Waals surface area contributed by atoms with Crippen molar-refractivity contribution in [2.24, 2.45) is 11.8 Å². The number of aliphatic hydroxyl groups is 1. The highest BCUT2D eigenvalue weighted by Crippen LogP contribution is 2.28. The first-order valence-corrected chi connectivity index (χ1v) is 7.80. The Bertz CT molecular complexity index is 229. The Labute approximate surface area is 111 Å². The van der Waals surface area contributed by atoms with Gasteiger partial charge in [-0.2, -0.15) is 0 Å². The van der Waals surface area contributed by atoms with E-state index in [1.165, 1.54) is 32.1 Å². The number of ether oxygens (including phenoxy) is 1. The first-order valence-electron chi connectivity index (χ1n) is 7.80. The standard InChI is InChI=1S/C15H29NO2/c1-2-15-13(7-8-18-15)10-16-11-14(17)9-12-5-3-4-6-12/h12-17H,2-11H2,1H3. The number of hydrogen-bond donors (Lipinski definition) is 2. The summed E-state index contributed by atoms with van der Waals surface area (Å²) >= 11 is 0. The first-order chi connectivity index (χ1) is 8.79. The van der Waals surface area contributed by atoms with Crippen LogP contribution in [-0.4, -0.2) is 37.0 Å². The minimum Gasteiger partial charge on any atom is -0.392 e. The van der Waals surface area contributed by atoms with E-state index in [1.54, 1.807) is 0 Å². The van der Waals surface area contributed by atoms with E-state index < -0.39 is 0 Å². The van der Waals surface area contributed by atoms with E-state index in [1.807, 2.05) is 0 Å². The molecule has 0 radical (unpaired) electrons. The molecule has 0 aromatic heterocycles. The van der Waals surface area contributed by atoms with Gasteiger partial charge in [0.2, 0.25) is 0 Å². The fourth-order valence-electron chi connectivity index (χ4n) is 3.53. The van der Waals surface area contributed by atoms with E-state index in [0.29, 0.717) is 12.0 Å². The highest BCUT2D eigenvalue weighted by molar-refractivity contribution is 4.78. The second-order valence-electron chi connectivity index (χ2n) is 6.06. The Balaban J connectivity index is 1.56. The molecule has 0 bridgehead atoms. The first kappa shape index (κ1) is 14.3. The summed E-state index contributed by atoms with van der Waals surface area (Å²) in [6.45, 7) is 4.86. The zero-order chi connectivity index (χ0) is 12.8. The summed E-state index contributed by atoms with van der Waals surface area (Å²) in [7, 11) is 0. The average molecular weight is 255 g/mol. The molecular formula is C15H29NO2. The molecule has 3 unspecified atom stereocenters. The van der Waals surface area contributed by atoms with Crippen LogP contribution in [0.15, 0.2) is 0 Å². The SMILES string of the molecule is CCC1OCCC1CNCC(O)CC1CCCC1. The van der Waals surface area contributed by atoms with Crippen molar-refractivity contribution in [2.45, 2.75) is 64.1 Å². The summed E-state index contributed by atoms with van der Waals surface area (Å²) < 4.78 is 5.68. The maximum Gasteiger partial charge on any atom is 0.0667 e. The fourth-order valence-corrected chi connectivity index (χ4v) is 3.53. The van der Waals surface area contributed by atoms with Crippen molar-refractivity contribution in [1.29, 1.82) is 0 Å². The predicted molar refractivity (Wildman–Crippen MR) is 73.6 cm³/mol.